The van der Waals surface area contributed by atoms with Crippen LogP contribution in [-0.2, 0) is 14.8 Å². The zero-order chi connectivity index (χ0) is 19.6. The van der Waals surface area contributed by atoms with Crippen molar-refractivity contribution >= 4 is 21.6 Å². The molecule has 1 saturated heterocycles. The van der Waals surface area contributed by atoms with Crippen molar-refractivity contribution in [3.63, 3.8) is 0 Å². The van der Waals surface area contributed by atoms with Gasteiger partial charge in [0.25, 0.3) is 0 Å². The number of carbonyl (C=O) groups is 1. The second-order valence-corrected chi connectivity index (χ2v) is 8.90. The van der Waals surface area contributed by atoms with Crippen LogP contribution in [0.15, 0.2) is 47.4 Å². The first-order valence-corrected chi connectivity index (χ1v) is 10.4. The molecule has 5 nitrogen and oxygen atoms in total. The number of carbonyl (C=O) groups excluding carboxylic acids is 1. The lowest BCUT2D eigenvalue weighted by Crippen LogP contribution is -2.43. The summed E-state index contributed by atoms with van der Waals surface area (Å²) < 4.78 is 40.5. The zero-order valence-electron chi connectivity index (χ0n) is 15.4. The fraction of sp³-hybridized carbons (Fsp3) is 0.350. The molecule has 1 atom stereocenters. The van der Waals surface area contributed by atoms with Gasteiger partial charge in [-0.2, -0.15) is 4.31 Å². The van der Waals surface area contributed by atoms with E-state index in [2.05, 4.69) is 5.32 Å². The minimum atomic E-state index is -3.64. The Labute approximate surface area is 159 Å². The third kappa shape index (κ3) is 4.36. The number of sulfonamides is 1. The van der Waals surface area contributed by atoms with Crippen molar-refractivity contribution in [1.82, 2.24) is 4.31 Å². The minimum Gasteiger partial charge on any atom is -0.325 e. The third-order valence-electron chi connectivity index (χ3n) is 4.87. The number of amides is 1. The molecule has 0 aliphatic carbocycles. The molecule has 1 aliphatic heterocycles. The van der Waals surface area contributed by atoms with E-state index in [0.29, 0.717) is 25.1 Å². The fourth-order valence-electron chi connectivity index (χ4n) is 3.20. The third-order valence-corrected chi connectivity index (χ3v) is 6.75. The summed E-state index contributed by atoms with van der Waals surface area (Å²) in [6.07, 6.45) is 1.20. The molecule has 0 bridgehead atoms. The maximum absolute atomic E-state index is 13.4. The molecule has 0 aromatic heterocycles. The molecule has 1 amide bonds. The van der Waals surface area contributed by atoms with Crippen LogP contribution in [0.2, 0.25) is 0 Å². The van der Waals surface area contributed by atoms with E-state index in [1.807, 2.05) is 6.92 Å². The lowest BCUT2D eigenvalue weighted by atomic mass is 9.98. The van der Waals surface area contributed by atoms with Crippen LogP contribution >= 0.6 is 0 Å². The van der Waals surface area contributed by atoms with Gasteiger partial charge in [0.05, 0.1) is 10.8 Å². The second-order valence-electron chi connectivity index (χ2n) is 6.96. The average Bonchev–Trinajstić information content (AvgIpc) is 2.65. The molecule has 1 fully saturated rings. The van der Waals surface area contributed by atoms with Gasteiger partial charge in [-0.15, -0.1) is 0 Å². The molecule has 0 radical (unpaired) electrons. The second kappa shape index (κ2) is 7.78. The van der Waals surface area contributed by atoms with Gasteiger partial charge in [-0.25, -0.2) is 12.8 Å². The largest absolute Gasteiger partial charge is 0.325 e. The number of nitrogens with zero attached hydrogens (tertiary/aromatic N) is 1. The minimum absolute atomic E-state index is 0.121. The first-order valence-electron chi connectivity index (χ1n) is 8.91. The summed E-state index contributed by atoms with van der Waals surface area (Å²) in [5, 5.41) is 2.74. The lowest BCUT2D eigenvalue weighted by molar-refractivity contribution is -0.120. The van der Waals surface area contributed by atoms with Gasteiger partial charge in [-0.05, 0) is 56.5 Å². The van der Waals surface area contributed by atoms with E-state index in [1.54, 1.807) is 37.3 Å². The lowest BCUT2D eigenvalue weighted by Gasteiger charge is -2.31. The van der Waals surface area contributed by atoms with Gasteiger partial charge in [0, 0.05) is 18.8 Å². The Hall–Kier alpha value is -2.25. The predicted molar refractivity (Wildman–Crippen MR) is 102 cm³/mol. The summed E-state index contributed by atoms with van der Waals surface area (Å²) in [7, 11) is -3.64. The van der Waals surface area contributed by atoms with Gasteiger partial charge in [-0.3, -0.25) is 4.79 Å². The van der Waals surface area contributed by atoms with Gasteiger partial charge < -0.3 is 5.32 Å². The van der Waals surface area contributed by atoms with E-state index < -0.39 is 21.8 Å². The quantitative estimate of drug-likeness (QED) is 0.869. The number of hydrogen-bond donors (Lipinski definition) is 1. The Morgan fingerprint density at radius 1 is 1.15 bits per heavy atom. The molecule has 0 saturated carbocycles. The van der Waals surface area contributed by atoms with Crippen LogP contribution in [0.1, 0.15) is 24.0 Å². The van der Waals surface area contributed by atoms with Crippen LogP contribution in [0, 0.1) is 25.6 Å². The first-order chi connectivity index (χ1) is 12.8. The van der Waals surface area contributed by atoms with Crippen LogP contribution in [0.4, 0.5) is 10.1 Å². The van der Waals surface area contributed by atoms with Crippen LogP contribution in [-0.4, -0.2) is 31.7 Å². The fourth-order valence-corrected chi connectivity index (χ4v) is 4.72. The van der Waals surface area contributed by atoms with Crippen molar-refractivity contribution in [2.45, 2.75) is 31.6 Å². The predicted octanol–water partition coefficient (Wildman–Crippen LogP) is 3.48. The van der Waals surface area contributed by atoms with Crippen molar-refractivity contribution in [3.8, 4) is 0 Å². The highest BCUT2D eigenvalue weighted by Crippen LogP contribution is 2.25. The van der Waals surface area contributed by atoms with Crippen molar-refractivity contribution in [2.75, 3.05) is 18.4 Å². The smallest absolute Gasteiger partial charge is 0.243 e. The van der Waals surface area contributed by atoms with E-state index in [9.17, 15) is 17.6 Å². The van der Waals surface area contributed by atoms with Gasteiger partial charge in [-0.1, -0.05) is 23.8 Å². The van der Waals surface area contributed by atoms with Crippen molar-refractivity contribution in [1.29, 1.82) is 0 Å². The highest BCUT2D eigenvalue weighted by Gasteiger charge is 2.33. The van der Waals surface area contributed by atoms with Gasteiger partial charge in [0.2, 0.25) is 15.9 Å². The van der Waals surface area contributed by atoms with Gasteiger partial charge in [0.1, 0.15) is 5.82 Å². The van der Waals surface area contributed by atoms with Crippen molar-refractivity contribution < 1.29 is 17.6 Å². The van der Waals surface area contributed by atoms with Crippen molar-refractivity contribution in [2.24, 2.45) is 5.92 Å². The number of hydrogen-bond acceptors (Lipinski definition) is 3. The zero-order valence-corrected chi connectivity index (χ0v) is 16.2. The molecule has 1 aliphatic rings. The summed E-state index contributed by atoms with van der Waals surface area (Å²) in [5.74, 6) is -1.18. The van der Waals surface area contributed by atoms with Crippen LogP contribution < -0.4 is 5.32 Å². The number of halogens is 1. The number of nitrogens with one attached hydrogen (secondary N) is 1. The molecule has 1 heterocycles. The van der Waals surface area contributed by atoms with E-state index >= 15 is 0 Å². The van der Waals surface area contributed by atoms with E-state index in [4.69, 9.17) is 0 Å². The highest BCUT2D eigenvalue weighted by atomic mass is 32.2. The molecule has 144 valence electrons. The Balaban J connectivity index is 1.74. The molecule has 1 N–H and O–H groups in total. The molecule has 1 unspecified atom stereocenters. The normalized spacial score (nSPS) is 18.3. The van der Waals surface area contributed by atoms with Crippen LogP contribution in [0.25, 0.3) is 0 Å². The van der Waals surface area contributed by atoms with Crippen LogP contribution in [0.5, 0.6) is 0 Å². The Morgan fingerprint density at radius 3 is 2.56 bits per heavy atom. The van der Waals surface area contributed by atoms with Crippen LogP contribution in [0.3, 0.4) is 0 Å². The topological polar surface area (TPSA) is 66.5 Å². The summed E-state index contributed by atoms with van der Waals surface area (Å²) in [6.45, 7) is 4.19. The van der Waals surface area contributed by atoms with Gasteiger partial charge in [0.15, 0.2) is 0 Å². The standard InChI is InChI=1S/C20H23FN2O3S/c1-14-5-9-18(10-6-14)27(25,26)23-11-3-4-16(13-23)20(24)22-19-12-17(21)8-7-15(19)2/h5-10,12,16H,3-4,11,13H2,1-2H3,(H,22,24). The number of benzene rings is 2. The summed E-state index contributed by atoms with van der Waals surface area (Å²) in [6, 6.07) is 10.9. The van der Waals surface area contributed by atoms with E-state index in [1.165, 1.54) is 16.4 Å². The van der Waals surface area contributed by atoms with Gasteiger partial charge >= 0.3 is 0 Å². The molecule has 2 aromatic rings. The Bertz CT molecular complexity index is 942. The summed E-state index contributed by atoms with van der Waals surface area (Å²) in [4.78, 5) is 12.9. The van der Waals surface area contributed by atoms with Crippen molar-refractivity contribution in [3.05, 3.63) is 59.4 Å². The number of piperidine rings is 1. The van der Waals surface area contributed by atoms with E-state index in [-0.39, 0.29) is 17.3 Å². The number of anilines is 1. The maximum atomic E-state index is 13.4. The highest BCUT2D eigenvalue weighted by molar-refractivity contribution is 7.89. The summed E-state index contributed by atoms with van der Waals surface area (Å²) in [5.41, 5.74) is 2.15. The average molecular weight is 390 g/mol. The molecular weight excluding hydrogens is 367 g/mol. The molecular formula is C20H23FN2O3S. The SMILES string of the molecule is Cc1ccc(S(=O)(=O)N2CCCC(C(=O)Nc3cc(F)ccc3C)C2)cc1. The maximum Gasteiger partial charge on any atom is 0.243 e. The Kier molecular flexibility index (Phi) is 5.62. The summed E-state index contributed by atoms with van der Waals surface area (Å²) >= 11 is 0. The molecule has 2 aromatic carbocycles. The Morgan fingerprint density at radius 2 is 1.85 bits per heavy atom. The molecule has 0 spiro atoms. The first kappa shape index (κ1) is 19.5. The number of rotatable bonds is 4. The monoisotopic (exact) mass is 390 g/mol. The molecule has 3 rings (SSSR count). The molecule has 27 heavy (non-hydrogen) atoms. The molecule has 7 heteroatoms. The number of aryl methyl sites for hydroxylation is 2. The van der Waals surface area contributed by atoms with E-state index in [0.717, 1.165) is 11.1 Å².